The lowest BCUT2D eigenvalue weighted by Gasteiger charge is -2.37. The van der Waals surface area contributed by atoms with E-state index in [9.17, 15) is 0 Å². The van der Waals surface area contributed by atoms with Gasteiger partial charge in [-0.2, -0.15) is 4.98 Å². The van der Waals surface area contributed by atoms with E-state index in [1.54, 1.807) is 7.11 Å². The molecule has 0 radical (unpaired) electrons. The van der Waals surface area contributed by atoms with Gasteiger partial charge >= 0.3 is 0 Å². The Hall–Kier alpha value is -0.940. The van der Waals surface area contributed by atoms with Crippen molar-refractivity contribution in [3.63, 3.8) is 0 Å². The average molecular weight is 237 g/mol. The quantitative estimate of drug-likeness (QED) is 0.859. The van der Waals surface area contributed by atoms with Crippen molar-refractivity contribution in [3.05, 3.63) is 11.7 Å². The number of aromatic nitrogens is 2. The topological polar surface area (TPSA) is 60.2 Å². The van der Waals surface area contributed by atoms with Gasteiger partial charge in [0, 0.05) is 13.7 Å². The van der Waals surface area contributed by atoms with Crippen molar-refractivity contribution in [2.45, 2.75) is 43.6 Å². The number of nitrogens with zero attached hydrogens (tertiary/aromatic N) is 2. The predicted molar refractivity (Wildman–Crippen MR) is 61.7 cm³/mol. The van der Waals surface area contributed by atoms with E-state index in [4.69, 9.17) is 9.26 Å². The van der Waals surface area contributed by atoms with E-state index in [1.165, 1.54) is 6.42 Å². The lowest BCUT2D eigenvalue weighted by molar-refractivity contribution is -0.0858. The molecule has 0 spiro atoms. The van der Waals surface area contributed by atoms with Crippen LogP contribution in [0.1, 0.15) is 44.3 Å². The fraction of sp³-hybridized carbons (Fsp3) is 0.833. The summed E-state index contributed by atoms with van der Waals surface area (Å²) < 4.78 is 11.0. The van der Waals surface area contributed by atoms with Crippen LogP contribution in [0.3, 0.4) is 0 Å². The highest BCUT2D eigenvalue weighted by Gasteiger charge is 2.45. The van der Waals surface area contributed by atoms with Crippen molar-refractivity contribution in [1.29, 1.82) is 0 Å². The first kappa shape index (κ1) is 11.2. The minimum absolute atomic E-state index is 0.00999. The van der Waals surface area contributed by atoms with Crippen molar-refractivity contribution in [2.24, 2.45) is 0 Å². The van der Waals surface area contributed by atoms with E-state index in [-0.39, 0.29) is 11.0 Å². The van der Waals surface area contributed by atoms with Gasteiger partial charge in [0.15, 0.2) is 0 Å². The molecule has 1 aromatic heterocycles. The third-order valence-corrected chi connectivity index (χ3v) is 4.27. The van der Waals surface area contributed by atoms with E-state index in [0.29, 0.717) is 0 Å². The van der Waals surface area contributed by atoms with E-state index >= 15 is 0 Å². The maximum Gasteiger partial charge on any atom is 0.234 e. The first-order valence-electron chi connectivity index (χ1n) is 6.29. The zero-order valence-electron chi connectivity index (χ0n) is 10.5. The van der Waals surface area contributed by atoms with Crippen LogP contribution in [0, 0.1) is 0 Å². The molecule has 5 nitrogen and oxygen atoms in total. The second kappa shape index (κ2) is 3.78. The summed E-state index contributed by atoms with van der Waals surface area (Å²) in [5.41, 5.74) is -0.284. The van der Waals surface area contributed by atoms with Gasteiger partial charge in [-0.05, 0) is 39.2 Å². The van der Waals surface area contributed by atoms with Crippen molar-refractivity contribution in [1.82, 2.24) is 15.5 Å². The molecule has 94 valence electrons. The molecule has 3 rings (SSSR count). The molecule has 0 amide bonds. The Morgan fingerprint density at radius 2 is 2.18 bits per heavy atom. The summed E-state index contributed by atoms with van der Waals surface area (Å²) in [6.07, 6.45) is 4.22. The van der Waals surface area contributed by atoms with Gasteiger partial charge in [-0.15, -0.1) is 0 Å². The van der Waals surface area contributed by atoms with Crippen LogP contribution in [0.5, 0.6) is 0 Å². The maximum absolute atomic E-state index is 5.57. The third-order valence-electron chi connectivity index (χ3n) is 4.27. The Bertz CT molecular complexity index is 384. The zero-order valence-corrected chi connectivity index (χ0v) is 10.5. The van der Waals surface area contributed by atoms with Gasteiger partial charge in [0.2, 0.25) is 11.7 Å². The highest BCUT2D eigenvalue weighted by molar-refractivity contribution is 5.12. The molecule has 1 saturated heterocycles. The summed E-state index contributed by atoms with van der Waals surface area (Å²) >= 11 is 0. The third kappa shape index (κ3) is 1.60. The molecule has 1 aromatic rings. The molecule has 0 aromatic carbocycles. The molecule has 0 bridgehead atoms. The molecule has 1 N–H and O–H groups in total. The molecule has 1 saturated carbocycles. The van der Waals surface area contributed by atoms with Gasteiger partial charge in [0.1, 0.15) is 5.60 Å². The summed E-state index contributed by atoms with van der Waals surface area (Å²) in [6, 6.07) is 0. The molecule has 2 fully saturated rings. The molecule has 5 heteroatoms. The Balaban J connectivity index is 1.87. The van der Waals surface area contributed by atoms with E-state index in [1.807, 2.05) is 0 Å². The lowest BCUT2D eigenvalue weighted by Crippen LogP contribution is -2.37. The Kier molecular flexibility index (Phi) is 2.48. The number of hydrogen-bond donors (Lipinski definition) is 1. The molecular formula is C12H19N3O2. The lowest BCUT2D eigenvalue weighted by atomic mass is 9.79. The fourth-order valence-corrected chi connectivity index (χ4v) is 2.67. The molecule has 1 aliphatic heterocycles. The zero-order chi connectivity index (χ0) is 11.9. The SMILES string of the molecule is COC1(c2noc(C3(C)CCNC3)n2)CCC1. The van der Waals surface area contributed by atoms with Crippen LogP contribution in [-0.2, 0) is 15.8 Å². The van der Waals surface area contributed by atoms with Crippen molar-refractivity contribution in [3.8, 4) is 0 Å². The van der Waals surface area contributed by atoms with Gasteiger partial charge in [-0.25, -0.2) is 0 Å². The van der Waals surface area contributed by atoms with Gasteiger partial charge in [-0.3, -0.25) is 0 Å². The van der Waals surface area contributed by atoms with Crippen LogP contribution in [-0.4, -0.2) is 30.3 Å². The maximum atomic E-state index is 5.57. The summed E-state index contributed by atoms with van der Waals surface area (Å²) in [7, 11) is 1.73. The van der Waals surface area contributed by atoms with Crippen molar-refractivity contribution >= 4 is 0 Å². The first-order valence-corrected chi connectivity index (χ1v) is 6.29. The molecule has 1 unspecified atom stereocenters. The van der Waals surface area contributed by atoms with Crippen LogP contribution in [0.4, 0.5) is 0 Å². The minimum atomic E-state index is -0.274. The van der Waals surface area contributed by atoms with Crippen LogP contribution in [0.25, 0.3) is 0 Å². The summed E-state index contributed by atoms with van der Waals surface area (Å²) in [5.74, 6) is 1.48. The smallest absolute Gasteiger partial charge is 0.234 e. The standard InChI is InChI=1S/C12H19N3O2/c1-11(6-7-13-8-11)10-14-9(15-17-10)12(16-2)4-3-5-12/h13H,3-8H2,1-2H3. The number of ether oxygens (including phenoxy) is 1. The van der Waals surface area contributed by atoms with Gasteiger partial charge in [0.05, 0.1) is 5.41 Å². The van der Waals surface area contributed by atoms with Gasteiger partial charge in [0.25, 0.3) is 0 Å². The average Bonchev–Trinajstić information content (AvgIpc) is 2.87. The number of nitrogens with one attached hydrogen (secondary N) is 1. The van der Waals surface area contributed by atoms with Crippen molar-refractivity contribution < 1.29 is 9.26 Å². The van der Waals surface area contributed by atoms with Gasteiger partial charge in [-0.1, -0.05) is 5.16 Å². The van der Waals surface area contributed by atoms with Crippen molar-refractivity contribution in [2.75, 3.05) is 20.2 Å². The first-order chi connectivity index (χ1) is 8.19. The van der Waals surface area contributed by atoms with Crippen LogP contribution in [0.15, 0.2) is 4.52 Å². The number of methoxy groups -OCH3 is 1. The monoisotopic (exact) mass is 237 g/mol. The van der Waals surface area contributed by atoms with E-state index in [2.05, 4.69) is 22.4 Å². The molecule has 2 heterocycles. The normalized spacial score (nSPS) is 31.4. The molecule has 1 atom stereocenters. The van der Waals surface area contributed by atoms with E-state index in [0.717, 1.165) is 44.1 Å². The number of hydrogen-bond acceptors (Lipinski definition) is 5. The summed E-state index contributed by atoms with van der Waals surface area (Å²) in [4.78, 5) is 4.59. The summed E-state index contributed by atoms with van der Waals surface area (Å²) in [5, 5.41) is 7.47. The Morgan fingerprint density at radius 1 is 1.35 bits per heavy atom. The molecule has 2 aliphatic rings. The second-order valence-electron chi connectivity index (χ2n) is 5.46. The Labute approximate surface area is 101 Å². The fourth-order valence-electron chi connectivity index (χ4n) is 2.67. The summed E-state index contributed by atoms with van der Waals surface area (Å²) in [6.45, 7) is 4.10. The van der Waals surface area contributed by atoms with Crippen LogP contribution >= 0.6 is 0 Å². The molecule has 17 heavy (non-hydrogen) atoms. The molecular weight excluding hydrogens is 218 g/mol. The minimum Gasteiger partial charge on any atom is -0.370 e. The van der Waals surface area contributed by atoms with Gasteiger partial charge < -0.3 is 14.6 Å². The molecule has 1 aliphatic carbocycles. The van der Waals surface area contributed by atoms with Crippen LogP contribution < -0.4 is 5.32 Å². The highest BCUT2D eigenvalue weighted by atomic mass is 16.5. The van der Waals surface area contributed by atoms with Crippen LogP contribution in [0.2, 0.25) is 0 Å². The highest BCUT2D eigenvalue weighted by Crippen LogP contribution is 2.43. The predicted octanol–water partition coefficient (Wildman–Crippen LogP) is 1.35. The number of rotatable bonds is 3. The Morgan fingerprint density at radius 3 is 2.71 bits per heavy atom. The second-order valence-corrected chi connectivity index (χ2v) is 5.46. The largest absolute Gasteiger partial charge is 0.370 e. The van der Waals surface area contributed by atoms with E-state index < -0.39 is 0 Å².